The highest BCUT2D eigenvalue weighted by atomic mass is 16.1. The van der Waals surface area contributed by atoms with Crippen LogP contribution in [0, 0.1) is 10.8 Å². The van der Waals surface area contributed by atoms with E-state index in [9.17, 15) is 4.79 Å². The van der Waals surface area contributed by atoms with Crippen LogP contribution in [0.3, 0.4) is 0 Å². The molecule has 0 saturated carbocycles. The zero-order valence-corrected chi connectivity index (χ0v) is 17.6. The van der Waals surface area contributed by atoms with Gasteiger partial charge in [0.05, 0.1) is 0 Å². The molecule has 0 aliphatic heterocycles. The SMILES string of the molecule is C=C/C=C(\C=C)C(C)(C)CC(=O)NCC(Cc1ccc(N)c(C=N)c1)N(C)C. The predicted molar refractivity (Wildman–Crippen MR) is 120 cm³/mol. The summed E-state index contributed by atoms with van der Waals surface area (Å²) >= 11 is 0. The Hall–Kier alpha value is -2.66. The first-order valence-electron chi connectivity index (χ1n) is 9.42. The van der Waals surface area contributed by atoms with Gasteiger partial charge in [-0.05, 0) is 49.2 Å². The van der Waals surface area contributed by atoms with Gasteiger partial charge in [0, 0.05) is 36.5 Å². The van der Waals surface area contributed by atoms with Crippen LogP contribution in [-0.2, 0) is 11.2 Å². The van der Waals surface area contributed by atoms with Gasteiger partial charge in [0.25, 0.3) is 0 Å². The van der Waals surface area contributed by atoms with E-state index in [1.165, 1.54) is 6.21 Å². The van der Waals surface area contributed by atoms with Gasteiger partial charge in [0.2, 0.25) is 5.91 Å². The van der Waals surface area contributed by atoms with E-state index in [4.69, 9.17) is 11.1 Å². The number of benzene rings is 1. The number of allylic oxidation sites excluding steroid dienone is 4. The van der Waals surface area contributed by atoms with E-state index in [2.05, 4.69) is 23.4 Å². The summed E-state index contributed by atoms with van der Waals surface area (Å²) < 4.78 is 0. The molecule has 5 heteroatoms. The van der Waals surface area contributed by atoms with Gasteiger partial charge in [-0.15, -0.1) is 0 Å². The topological polar surface area (TPSA) is 82.2 Å². The van der Waals surface area contributed by atoms with Gasteiger partial charge in [-0.3, -0.25) is 4.79 Å². The lowest BCUT2D eigenvalue weighted by atomic mass is 9.80. The Morgan fingerprint density at radius 3 is 2.57 bits per heavy atom. The van der Waals surface area contributed by atoms with Crippen LogP contribution in [0.15, 0.2) is 55.2 Å². The quantitative estimate of drug-likeness (QED) is 0.311. The van der Waals surface area contributed by atoms with Crippen molar-refractivity contribution in [1.29, 1.82) is 5.41 Å². The van der Waals surface area contributed by atoms with Gasteiger partial charge in [-0.25, -0.2) is 0 Å². The number of nitrogens with zero attached hydrogens (tertiary/aromatic N) is 1. The third-order valence-electron chi connectivity index (χ3n) is 4.94. The molecule has 0 aromatic heterocycles. The van der Waals surface area contributed by atoms with Crippen LogP contribution in [0.4, 0.5) is 5.69 Å². The fraction of sp³-hybridized carbons (Fsp3) is 0.391. The molecule has 1 atom stereocenters. The third-order valence-corrected chi connectivity index (χ3v) is 4.94. The third kappa shape index (κ3) is 6.82. The maximum absolute atomic E-state index is 12.5. The molecule has 1 unspecified atom stereocenters. The molecule has 0 bridgehead atoms. The number of anilines is 1. The van der Waals surface area contributed by atoms with Crippen molar-refractivity contribution in [3.05, 3.63) is 66.3 Å². The van der Waals surface area contributed by atoms with E-state index in [1.807, 2.05) is 52.2 Å². The first kappa shape index (κ1) is 23.4. The van der Waals surface area contributed by atoms with Crippen LogP contribution in [0.2, 0.25) is 0 Å². The number of amides is 1. The van der Waals surface area contributed by atoms with Crippen molar-refractivity contribution in [2.75, 3.05) is 26.4 Å². The van der Waals surface area contributed by atoms with Crippen molar-refractivity contribution in [1.82, 2.24) is 10.2 Å². The average molecular weight is 383 g/mol. The van der Waals surface area contributed by atoms with E-state index in [-0.39, 0.29) is 17.4 Å². The van der Waals surface area contributed by atoms with Gasteiger partial charge in [-0.2, -0.15) is 0 Å². The summed E-state index contributed by atoms with van der Waals surface area (Å²) in [7, 11) is 4.00. The summed E-state index contributed by atoms with van der Waals surface area (Å²) in [5.41, 5.74) is 8.94. The van der Waals surface area contributed by atoms with Crippen molar-refractivity contribution in [2.24, 2.45) is 5.41 Å². The molecule has 0 aliphatic carbocycles. The zero-order chi connectivity index (χ0) is 21.3. The van der Waals surface area contributed by atoms with Crippen molar-refractivity contribution >= 4 is 17.8 Å². The lowest BCUT2D eigenvalue weighted by molar-refractivity contribution is -0.122. The summed E-state index contributed by atoms with van der Waals surface area (Å²) in [5.74, 6) is 0.00569. The van der Waals surface area contributed by atoms with Crippen molar-refractivity contribution in [2.45, 2.75) is 32.7 Å². The minimum Gasteiger partial charge on any atom is -0.398 e. The number of nitrogen functional groups attached to an aromatic ring is 1. The van der Waals surface area contributed by atoms with E-state index < -0.39 is 0 Å². The fourth-order valence-corrected chi connectivity index (χ4v) is 3.08. The van der Waals surface area contributed by atoms with Crippen LogP contribution in [0.25, 0.3) is 0 Å². The number of carbonyl (C=O) groups is 1. The average Bonchev–Trinajstić information content (AvgIpc) is 2.63. The molecule has 0 fully saturated rings. The second-order valence-electron chi connectivity index (χ2n) is 7.86. The summed E-state index contributed by atoms with van der Waals surface area (Å²) in [5, 5.41) is 10.5. The molecule has 0 heterocycles. The zero-order valence-electron chi connectivity index (χ0n) is 17.6. The number of hydrogen-bond donors (Lipinski definition) is 3. The number of likely N-dealkylation sites (N-methyl/N-ethyl adjacent to an activating group) is 1. The molecular weight excluding hydrogens is 348 g/mol. The maximum Gasteiger partial charge on any atom is 0.220 e. The Morgan fingerprint density at radius 1 is 1.36 bits per heavy atom. The fourth-order valence-electron chi connectivity index (χ4n) is 3.08. The Morgan fingerprint density at radius 2 is 2.04 bits per heavy atom. The molecule has 0 saturated heterocycles. The normalized spacial score (nSPS) is 13.1. The standard InChI is InChI=1S/C23H34N4O/c1-7-9-19(8-2)23(3,4)14-22(28)26-16-20(27(5)6)13-17-10-11-21(25)18(12-17)15-24/h7-12,15,20,24H,1-2,13-14,16,25H2,3-6H3,(H,26,28)/b19-9+,24-15?. The molecular formula is C23H34N4O. The highest BCUT2D eigenvalue weighted by molar-refractivity contribution is 5.85. The highest BCUT2D eigenvalue weighted by Crippen LogP contribution is 2.31. The van der Waals surface area contributed by atoms with Gasteiger partial charge >= 0.3 is 0 Å². The van der Waals surface area contributed by atoms with Crippen LogP contribution in [-0.4, -0.2) is 43.7 Å². The summed E-state index contributed by atoms with van der Waals surface area (Å²) in [4.78, 5) is 14.6. The minimum atomic E-state index is -0.316. The van der Waals surface area contributed by atoms with Gasteiger partial charge < -0.3 is 21.4 Å². The second kappa shape index (κ2) is 10.6. The van der Waals surface area contributed by atoms with E-state index in [0.717, 1.165) is 17.6 Å². The number of rotatable bonds is 11. The van der Waals surface area contributed by atoms with Gasteiger partial charge in [0.15, 0.2) is 0 Å². The van der Waals surface area contributed by atoms with Crippen molar-refractivity contribution in [3.8, 4) is 0 Å². The van der Waals surface area contributed by atoms with Crippen LogP contribution < -0.4 is 11.1 Å². The van der Waals surface area contributed by atoms with E-state index >= 15 is 0 Å². The molecule has 0 radical (unpaired) electrons. The van der Waals surface area contributed by atoms with E-state index in [1.54, 1.807) is 12.2 Å². The molecule has 4 N–H and O–H groups in total. The maximum atomic E-state index is 12.5. The smallest absolute Gasteiger partial charge is 0.220 e. The first-order valence-corrected chi connectivity index (χ1v) is 9.42. The molecule has 1 aromatic carbocycles. The predicted octanol–water partition coefficient (Wildman–Crippen LogP) is 3.57. The molecule has 152 valence electrons. The highest BCUT2D eigenvalue weighted by Gasteiger charge is 2.25. The van der Waals surface area contributed by atoms with E-state index in [0.29, 0.717) is 24.2 Å². The molecule has 5 nitrogen and oxygen atoms in total. The largest absolute Gasteiger partial charge is 0.398 e. The lowest BCUT2D eigenvalue weighted by Gasteiger charge is -2.28. The molecule has 0 spiro atoms. The molecule has 1 rings (SSSR count). The van der Waals surface area contributed by atoms with Crippen molar-refractivity contribution < 1.29 is 4.79 Å². The number of hydrogen-bond acceptors (Lipinski definition) is 4. The Kier molecular flexibility index (Phi) is 8.86. The Bertz CT molecular complexity index is 747. The van der Waals surface area contributed by atoms with Crippen LogP contribution in [0.1, 0.15) is 31.4 Å². The Balaban J connectivity index is 2.76. The Labute approximate surface area is 169 Å². The number of nitrogens with two attached hydrogens (primary N) is 1. The first-order chi connectivity index (χ1) is 13.1. The van der Waals surface area contributed by atoms with Crippen LogP contribution >= 0.6 is 0 Å². The monoisotopic (exact) mass is 382 g/mol. The lowest BCUT2D eigenvalue weighted by Crippen LogP contribution is -2.42. The molecule has 1 aromatic rings. The number of nitrogens with one attached hydrogen (secondary N) is 2. The van der Waals surface area contributed by atoms with Crippen molar-refractivity contribution in [3.63, 3.8) is 0 Å². The van der Waals surface area contributed by atoms with Gasteiger partial charge in [0.1, 0.15) is 0 Å². The minimum absolute atomic E-state index is 0.00569. The molecule has 0 aliphatic rings. The number of carbonyl (C=O) groups excluding carboxylic acids is 1. The van der Waals surface area contributed by atoms with Gasteiger partial charge in [-0.1, -0.05) is 51.3 Å². The van der Waals surface area contributed by atoms with Crippen LogP contribution in [0.5, 0.6) is 0 Å². The summed E-state index contributed by atoms with van der Waals surface area (Å²) in [6.07, 6.45) is 7.78. The summed E-state index contributed by atoms with van der Waals surface area (Å²) in [6, 6.07) is 5.86. The summed E-state index contributed by atoms with van der Waals surface area (Å²) in [6.45, 7) is 12.2. The second-order valence-corrected chi connectivity index (χ2v) is 7.86. The molecule has 28 heavy (non-hydrogen) atoms. The molecule has 1 amide bonds.